The Kier molecular flexibility index (Phi) is 9.44. The summed E-state index contributed by atoms with van der Waals surface area (Å²) in [7, 11) is -4.84. The molecule has 0 aliphatic heterocycles. The lowest BCUT2D eigenvalue weighted by molar-refractivity contribution is -0.143. The molecule has 0 aromatic carbocycles. The van der Waals surface area contributed by atoms with Crippen LogP contribution in [0.3, 0.4) is 0 Å². The van der Waals surface area contributed by atoms with Crippen LogP contribution >= 0.6 is 0 Å². The van der Waals surface area contributed by atoms with Gasteiger partial charge in [0.15, 0.2) is 5.25 Å². The van der Waals surface area contributed by atoms with Gasteiger partial charge >= 0.3 is 11.9 Å². The van der Waals surface area contributed by atoms with Crippen LogP contribution in [-0.4, -0.2) is 47.0 Å². The van der Waals surface area contributed by atoms with Crippen molar-refractivity contribution in [3.63, 3.8) is 0 Å². The predicted octanol–water partition coefficient (Wildman–Crippen LogP) is 0.135. The third-order valence-corrected chi connectivity index (χ3v) is 2.41. The maximum Gasteiger partial charge on any atom is 0.325 e. The SMILES string of the molecule is C=CCOC=C.O=C(O)CC(C(=O)O)S(=O)(=O)O. The van der Waals surface area contributed by atoms with Crippen molar-refractivity contribution in [1.29, 1.82) is 0 Å². The van der Waals surface area contributed by atoms with Crippen molar-refractivity contribution in [1.82, 2.24) is 0 Å². The minimum absolute atomic E-state index is 0.559. The van der Waals surface area contributed by atoms with Crippen molar-refractivity contribution >= 4 is 22.1 Å². The molecule has 0 aromatic rings. The molecule has 104 valence electrons. The van der Waals surface area contributed by atoms with Crippen molar-refractivity contribution in [3.8, 4) is 0 Å². The summed E-state index contributed by atoms with van der Waals surface area (Å²) in [6.45, 7) is 7.31. The molecular weight excluding hydrogens is 268 g/mol. The van der Waals surface area contributed by atoms with E-state index in [0.717, 1.165) is 0 Å². The maximum absolute atomic E-state index is 10.2. The molecule has 1 atom stereocenters. The van der Waals surface area contributed by atoms with Gasteiger partial charge in [0, 0.05) is 0 Å². The molecule has 0 heterocycles. The number of carbonyl (C=O) groups is 2. The number of aliphatic carboxylic acids is 2. The van der Waals surface area contributed by atoms with Gasteiger partial charge in [-0.2, -0.15) is 8.42 Å². The molecule has 0 rings (SSSR count). The lowest BCUT2D eigenvalue weighted by atomic mass is 10.3. The maximum atomic E-state index is 10.2. The molecule has 8 nitrogen and oxygen atoms in total. The molecule has 0 aromatic heterocycles. The normalized spacial score (nSPS) is 11.4. The first-order valence-corrected chi connectivity index (χ1v) is 5.91. The fraction of sp³-hybridized carbons (Fsp3) is 0.333. The Morgan fingerprint density at radius 2 is 1.78 bits per heavy atom. The van der Waals surface area contributed by atoms with Crippen LogP contribution in [0.4, 0.5) is 0 Å². The van der Waals surface area contributed by atoms with Crippen molar-refractivity contribution in [2.45, 2.75) is 11.7 Å². The number of hydrogen-bond donors (Lipinski definition) is 3. The molecule has 0 saturated heterocycles. The predicted molar refractivity (Wildman–Crippen MR) is 61.6 cm³/mol. The van der Waals surface area contributed by atoms with Crippen LogP contribution in [0, 0.1) is 0 Å². The van der Waals surface area contributed by atoms with E-state index in [0.29, 0.717) is 6.61 Å². The second kappa shape index (κ2) is 9.19. The Morgan fingerprint density at radius 3 is 1.89 bits per heavy atom. The number of ether oxygens (including phenoxy) is 1. The van der Waals surface area contributed by atoms with Crippen LogP contribution in [0.5, 0.6) is 0 Å². The van der Waals surface area contributed by atoms with Gasteiger partial charge in [-0.3, -0.25) is 14.1 Å². The average Bonchev–Trinajstić information content (AvgIpc) is 2.21. The molecule has 0 bridgehead atoms. The summed E-state index contributed by atoms with van der Waals surface area (Å²) in [5, 5.41) is 13.9. The minimum atomic E-state index is -4.84. The van der Waals surface area contributed by atoms with E-state index in [1.54, 1.807) is 6.08 Å². The van der Waals surface area contributed by atoms with Crippen LogP contribution in [0.15, 0.2) is 25.5 Å². The van der Waals surface area contributed by atoms with E-state index < -0.39 is 33.7 Å². The summed E-state index contributed by atoms with van der Waals surface area (Å²) >= 11 is 0. The monoisotopic (exact) mass is 282 g/mol. The highest BCUT2D eigenvalue weighted by Crippen LogP contribution is 2.04. The fourth-order valence-electron chi connectivity index (χ4n) is 0.615. The summed E-state index contributed by atoms with van der Waals surface area (Å²) in [5.41, 5.74) is 0. The van der Waals surface area contributed by atoms with Crippen LogP contribution < -0.4 is 0 Å². The van der Waals surface area contributed by atoms with Crippen LogP contribution in [0.25, 0.3) is 0 Å². The highest BCUT2D eigenvalue weighted by atomic mass is 32.2. The Hall–Kier alpha value is -1.87. The second-order valence-electron chi connectivity index (χ2n) is 2.73. The van der Waals surface area contributed by atoms with E-state index >= 15 is 0 Å². The van der Waals surface area contributed by atoms with Crippen LogP contribution in [0.1, 0.15) is 6.42 Å². The first-order valence-electron chi connectivity index (χ1n) is 4.41. The van der Waals surface area contributed by atoms with Crippen molar-refractivity contribution in [2.75, 3.05) is 6.61 Å². The van der Waals surface area contributed by atoms with Gasteiger partial charge in [-0.15, -0.1) is 0 Å². The zero-order chi connectivity index (χ0) is 14.8. The Balaban J connectivity index is 0. The highest BCUT2D eigenvalue weighted by molar-refractivity contribution is 7.87. The van der Waals surface area contributed by atoms with Gasteiger partial charge < -0.3 is 14.9 Å². The van der Waals surface area contributed by atoms with E-state index in [9.17, 15) is 18.0 Å². The van der Waals surface area contributed by atoms with Crippen LogP contribution in [0.2, 0.25) is 0 Å². The molecule has 0 spiro atoms. The van der Waals surface area contributed by atoms with E-state index in [1.807, 2.05) is 0 Å². The van der Waals surface area contributed by atoms with Gasteiger partial charge in [0.25, 0.3) is 10.1 Å². The van der Waals surface area contributed by atoms with Crippen molar-refractivity contribution < 1.29 is 37.5 Å². The van der Waals surface area contributed by atoms with E-state index in [1.165, 1.54) is 6.26 Å². The van der Waals surface area contributed by atoms with Gasteiger partial charge in [-0.25, -0.2) is 0 Å². The van der Waals surface area contributed by atoms with Gasteiger partial charge in [0.05, 0.1) is 12.7 Å². The lowest BCUT2D eigenvalue weighted by Crippen LogP contribution is -2.31. The molecule has 9 heteroatoms. The van der Waals surface area contributed by atoms with Gasteiger partial charge in [-0.05, 0) is 0 Å². The third kappa shape index (κ3) is 10.6. The summed E-state index contributed by atoms with van der Waals surface area (Å²) in [6, 6.07) is 0. The standard InChI is InChI=1S/C5H8O.C4H6O7S/c1-3-5-6-4-2;5-3(6)1-2(4(7)8)12(9,10)11/h3-4H,1-2,5H2;2H,1H2,(H,5,6)(H,7,8)(H,9,10,11). The molecule has 0 aliphatic carbocycles. The highest BCUT2D eigenvalue weighted by Gasteiger charge is 2.33. The van der Waals surface area contributed by atoms with Gasteiger partial charge in [0.1, 0.15) is 6.61 Å². The van der Waals surface area contributed by atoms with E-state index in [-0.39, 0.29) is 0 Å². The molecule has 0 aliphatic rings. The Labute approximate surface area is 104 Å². The van der Waals surface area contributed by atoms with Gasteiger partial charge in [0.2, 0.25) is 0 Å². The summed E-state index contributed by atoms with van der Waals surface area (Å²) in [6.07, 6.45) is 1.90. The molecule has 18 heavy (non-hydrogen) atoms. The zero-order valence-electron chi connectivity index (χ0n) is 9.35. The number of carboxylic acid groups (broad SMARTS) is 2. The first-order chi connectivity index (χ1) is 8.16. The number of hydrogen-bond acceptors (Lipinski definition) is 5. The van der Waals surface area contributed by atoms with E-state index in [2.05, 4.69) is 17.9 Å². The Morgan fingerprint density at radius 1 is 1.28 bits per heavy atom. The number of rotatable bonds is 7. The number of carboxylic acids is 2. The molecule has 3 N–H and O–H groups in total. The molecule has 0 saturated carbocycles. The molecule has 1 unspecified atom stereocenters. The lowest BCUT2D eigenvalue weighted by Gasteiger charge is -2.04. The molecule has 0 fully saturated rings. The molecule has 0 radical (unpaired) electrons. The second-order valence-corrected chi connectivity index (χ2v) is 4.33. The summed E-state index contributed by atoms with van der Waals surface area (Å²) in [5.74, 6) is -3.50. The fourth-order valence-corrected chi connectivity index (χ4v) is 1.22. The largest absolute Gasteiger partial charge is 0.498 e. The summed E-state index contributed by atoms with van der Waals surface area (Å²) < 4.78 is 33.3. The van der Waals surface area contributed by atoms with Crippen molar-refractivity contribution in [3.05, 3.63) is 25.5 Å². The Bertz CT molecular complexity index is 389. The third-order valence-electron chi connectivity index (χ3n) is 1.33. The minimum Gasteiger partial charge on any atom is -0.498 e. The van der Waals surface area contributed by atoms with Crippen molar-refractivity contribution in [2.24, 2.45) is 0 Å². The van der Waals surface area contributed by atoms with E-state index in [4.69, 9.17) is 14.8 Å². The summed E-state index contributed by atoms with van der Waals surface area (Å²) in [4.78, 5) is 20.0. The quantitative estimate of drug-likeness (QED) is 0.259. The van der Waals surface area contributed by atoms with Crippen LogP contribution in [-0.2, 0) is 24.4 Å². The molecule has 0 amide bonds. The molecular formula is C9H14O8S. The smallest absolute Gasteiger partial charge is 0.325 e. The average molecular weight is 282 g/mol. The van der Waals surface area contributed by atoms with Gasteiger partial charge in [-0.1, -0.05) is 19.2 Å². The first kappa shape index (κ1) is 18.5. The zero-order valence-corrected chi connectivity index (χ0v) is 10.2. The topological polar surface area (TPSA) is 138 Å².